The van der Waals surface area contributed by atoms with Gasteiger partial charge < -0.3 is 9.32 Å². The second kappa shape index (κ2) is 5.50. The number of anilines is 1. The van der Waals surface area contributed by atoms with Crippen molar-refractivity contribution in [2.45, 2.75) is 51.5 Å². The number of rotatable bonds is 4. The first kappa shape index (κ1) is 16.0. The van der Waals surface area contributed by atoms with Gasteiger partial charge in [-0.1, -0.05) is 13.8 Å². The van der Waals surface area contributed by atoms with E-state index in [-0.39, 0.29) is 17.1 Å². The van der Waals surface area contributed by atoms with Crippen molar-refractivity contribution >= 4 is 11.5 Å². The molecular weight excluding hydrogens is 322 g/mol. The molecule has 2 atom stereocenters. The number of nitro groups is 1. The normalized spacial score (nSPS) is 25.1. The van der Waals surface area contributed by atoms with Gasteiger partial charge in [-0.05, 0) is 38.2 Å². The molecule has 1 aliphatic heterocycles. The summed E-state index contributed by atoms with van der Waals surface area (Å²) >= 11 is 0. The molecule has 2 aromatic rings. The first-order valence-electron chi connectivity index (χ1n) is 8.66. The van der Waals surface area contributed by atoms with E-state index in [1.54, 1.807) is 13.0 Å². The van der Waals surface area contributed by atoms with Crippen molar-refractivity contribution < 1.29 is 9.34 Å². The van der Waals surface area contributed by atoms with Crippen molar-refractivity contribution in [2.75, 3.05) is 11.4 Å². The van der Waals surface area contributed by atoms with Crippen LogP contribution in [0.25, 0.3) is 0 Å². The summed E-state index contributed by atoms with van der Waals surface area (Å²) in [5, 5.41) is 19.6. The van der Waals surface area contributed by atoms with E-state index in [0.29, 0.717) is 23.3 Å². The molecular formula is C17H21N5O3. The highest BCUT2D eigenvalue weighted by Crippen LogP contribution is 2.57. The van der Waals surface area contributed by atoms with Crippen molar-refractivity contribution in [2.24, 2.45) is 5.92 Å². The molecule has 8 nitrogen and oxygen atoms in total. The molecule has 0 bridgehead atoms. The molecule has 3 heterocycles. The zero-order valence-electron chi connectivity index (χ0n) is 14.6. The van der Waals surface area contributed by atoms with Crippen LogP contribution in [0.2, 0.25) is 0 Å². The zero-order valence-corrected chi connectivity index (χ0v) is 14.6. The summed E-state index contributed by atoms with van der Waals surface area (Å²) in [5.41, 5.74) is 0.346. The third-order valence-electron chi connectivity index (χ3n) is 5.58. The third-order valence-corrected chi connectivity index (χ3v) is 5.58. The Morgan fingerprint density at radius 1 is 1.40 bits per heavy atom. The highest BCUT2D eigenvalue weighted by atomic mass is 16.6. The largest absolute Gasteiger partial charge is 0.422 e. The molecule has 0 N–H and O–H groups in total. The van der Waals surface area contributed by atoms with Gasteiger partial charge in [0, 0.05) is 18.0 Å². The van der Waals surface area contributed by atoms with Crippen LogP contribution in [0.5, 0.6) is 0 Å². The van der Waals surface area contributed by atoms with Crippen molar-refractivity contribution in [3.8, 4) is 0 Å². The molecule has 0 spiro atoms. The lowest BCUT2D eigenvalue weighted by atomic mass is 9.67. The van der Waals surface area contributed by atoms with E-state index < -0.39 is 4.92 Å². The van der Waals surface area contributed by atoms with Gasteiger partial charge in [-0.15, -0.1) is 10.2 Å². The Hall–Kier alpha value is -2.51. The predicted octanol–water partition coefficient (Wildman–Crippen LogP) is 3.32. The monoisotopic (exact) mass is 343 g/mol. The van der Waals surface area contributed by atoms with Gasteiger partial charge in [-0.25, -0.2) is 4.98 Å². The Kier molecular flexibility index (Phi) is 3.52. The van der Waals surface area contributed by atoms with E-state index in [0.717, 1.165) is 31.6 Å². The number of aromatic nitrogens is 3. The van der Waals surface area contributed by atoms with Crippen LogP contribution in [0.4, 0.5) is 11.5 Å². The number of nitrogens with zero attached hydrogens (tertiary/aromatic N) is 5. The maximum Gasteiger partial charge on any atom is 0.290 e. The number of pyridine rings is 1. The zero-order chi connectivity index (χ0) is 17.8. The summed E-state index contributed by atoms with van der Waals surface area (Å²) in [6, 6.07) is 1.79. The van der Waals surface area contributed by atoms with Gasteiger partial charge >= 0.3 is 0 Å². The topological polar surface area (TPSA) is 98.2 Å². The fourth-order valence-electron chi connectivity index (χ4n) is 4.08. The second-order valence-corrected chi connectivity index (χ2v) is 7.29. The van der Waals surface area contributed by atoms with Gasteiger partial charge in [0.25, 0.3) is 5.69 Å². The number of fused-ring (bicyclic) bond motifs is 1. The minimum Gasteiger partial charge on any atom is -0.422 e. The average molecular weight is 343 g/mol. The minimum atomic E-state index is -0.398. The number of hydrogen-bond donors (Lipinski definition) is 0. The third kappa shape index (κ3) is 2.23. The lowest BCUT2D eigenvalue weighted by Crippen LogP contribution is -2.52. The standard InChI is InChI=1S/C17H21N5O3/c1-10(2)15-19-20-16(25-15)17-6-4-12(17)5-7-21(17)14-8-11(3)13(9-18-14)22(23)24/h8-10,12H,4-7H2,1-3H3/t12-,17-/m0/s1. The summed E-state index contributed by atoms with van der Waals surface area (Å²) in [6.45, 7) is 6.64. The van der Waals surface area contributed by atoms with E-state index in [2.05, 4.69) is 20.1 Å². The first-order chi connectivity index (χ1) is 11.9. The van der Waals surface area contributed by atoms with Gasteiger partial charge in [-0.3, -0.25) is 10.1 Å². The summed E-state index contributed by atoms with van der Waals surface area (Å²) in [4.78, 5) is 17.2. The predicted molar refractivity (Wildman–Crippen MR) is 90.4 cm³/mol. The van der Waals surface area contributed by atoms with Gasteiger partial charge in [0.2, 0.25) is 11.8 Å². The Labute approximate surface area is 145 Å². The highest BCUT2D eigenvalue weighted by molar-refractivity contribution is 5.53. The van der Waals surface area contributed by atoms with Crippen LogP contribution in [-0.2, 0) is 5.54 Å². The Balaban J connectivity index is 1.74. The fourth-order valence-corrected chi connectivity index (χ4v) is 4.08. The van der Waals surface area contributed by atoms with Gasteiger partial charge in [0.15, 0.2) is 0 Å². The average Bonchev–Trinajstić information content (AvgIpc) is 3.11. The molecule has 0 amide bonds. The van der Waals surface area contributed by atoms with Crippen LogP contribution in [0.3, 0.4) is 0 Å². The van der Waals surface area contributed by atoms with Crippen LogP contribution in [0.15, 0.2) is 16.7 Å². The molecule has 1 saturated carbocycles. The molecule has 25 heavy (non-hydrogen) atoms. The molecule has 4 rings (SSSR count). The molecule has 1 saturated heterocycles. The molecule has 1 aliphatic carbocycles. The Morgan fingerprint density at radius 2 is 2.20 bits per heavy atom. The van der Waals surface area contributed by atoms with Gasteiger partial charge in [0.05, 0.1) is 4.92 Å². The Morgan fingerprint density at radius 3 is 2.76 bits per heavy atom. The second-order valence-electron chi connectivity index (χ2n) is 7.29. The van der Waals surface area contributed by atoms with Crippen molar-refractivity contribution in [3.05, 3.63) is 39.7 Å². The van der Waals surface area contributed by atoms with Gasteiger partial charge in [-0.2, -0.15) is 0 Å². The minimum absolute atomic E-state index is 0.0436. The van der Waals surface area contributed by atoms with Crippen molar-refractivity contribution in [1.82, 2.24) is 15.2 Å². The number of aryl methyl sites for hydroxylation is 1. The molecule has 0 aromatic carbocycles. The van der Waals surface area contributed by atoms with E-state index in [9.17, 15) is 10.1 Å². The van der Waals surface area contributed by atoms with Crippen LogP contribution in [0.1, 0.15) is 56.4 Å². The maximum absolute atomic E-state index is 11.1. The Bertz CT molecular complexity index is 833. The van der Waals surface area contributed by atoms with Gasteiger partial charge in [0.1, 0.15) is 17.6 Å². The summed E-state index contributed by atoms with van der Waals surface area (Å²) in [7, 11) is 0. The molecule has 2 aliphatic rings. The lowest BCUT2D eigenvalue weighted by Gasteiger charge is -2.47. The quantitative estimate of drug-likeness (QED) is 0.620. The van der Waals surface area contributed by atoms with E-state index >= 15 is 0 Å². The highest BCUT2D eigenvalue weighted by Gasteiger charge is 2.60. The summed E-state index contributed by atoms with van der Waals surface area (Å²) in [5.74, 6) is 2.70. The lowest BCUT2D eigenvalue weighted by molar-refractivity contribution is -0.385. The van der Waals surface area contributed by atoms with E-state index in [1.807, 2.05) is 13.8 Å². The van der Waals surface area contributed by atoms with Crippen LogP contribution < -0.4 is 4.90 Å². The van der Waals surface area contributed by atoms with Crippen LogP contribution in [0, 0.1) is 23.0 Å². The summed E-state index contributed by atoms with van der Waals surface area (Å²) < 4.78 is 6.00. The smallest absolute Gasteiger partial charge is 0.290 e. The number of hydrogen-bond acceptors (Lipinski definition) is 7. The molecule has 132 valence electrons. The van der Waals surface area contributed by atoms with E-state index in [1.165, 1.54) is 6.20 Å². The maximum atomic E-state index is 11.1. The van der Waals surface area contributed by atoms with E-state index in [4.69, 9.17) is 4.42 Å². The SMILES string of the molecule is Cc1cc(N2CC[C@@H]3CC[C@@]32c2nnc(C(C)C)o2)ncc1[N+](=O)[O-]. The fraction of sp³-hybridized carbons (Fsp3) is 0.588. The molecule has 2 aromatic heterocycles. The molecule has 2 fully saturated rings. The first-order valence-corrected chi connectivity index (χ1v) is 8.66. The van der Waals surface area contributed by atoms with Crippen LogP contribution >= 0.6 is 0 Å². The van der Waals surface area contributed by atoms with Crippen molar-refractivity contribution in [3.63, 3.8) is 0 Å². The molecule has 8 heteroatoms. The molecule has 0 radical (unpaired) electrons. The van der Waals surface area contributed by atoms with Crippen molar-refractivity contribution in [1.29, 1.82) is 0 Å². The molecule has 0 unspecified atom stereocenters. The van der Waals surface area contributed by atoms with Crippen LogP contribution in [-0.4, -0.2) is 26.6 Å². The summed E-state index contributed by atoms with van der Waals surface area (Å²) in [6.07, 6.45) is 4.45.